The number of hydrogen-bond donors (Lipinski definition) is 3. The van der Waals surface area contributed by atoms with Gasteiger partial charge in [-0.15, -0.1) is 0 Å². The number of aryl methyl sites for hydroxylation is 1. The fraction of sp³-hybridized carbons (Fsp3) is 0.417. The third-order valence-electron chi connectivity index (χ3n) is 5.54. The first-order valence-corrected chi connectivity index (χ1v) is 10.7. The van der Waals surface area contributed by atoms with Crippen LogP contribution in [0.4, 0.5) is 10.5 Å². The van der Waals surface area contributed by atoms with Crippen molar-refractivity contribution in [1.82, 2.24) is 10.2 Å². The SMILES string of the molecule is Cc1ccc(C(=O)CCNC(=O)N2CCC(Nc3ccc(CCN)cc3)CC2)cc1. The predicted octanol–water partition coefficient (Wildman–Crippen LogP) is 3.36. The van der Waals surface area contributed by atoms with Crippen LogP contribution in [0.2, 0.25) is 0 Å². The summed E-state index contributed by atoms with van der Waals surface area (Å²) in [6.07, 6.45) is 3.01. The van der Waals surface area contributed by atoms with Crippen LogP contribution in [-0.2, 0) is 6.42 Å². The molecule has 2 aromatic carbocycles. The fourth-order valence-corrected chi connectivity index (χ4v) is 3.68. The van der Waals surface area contributed by atoms with E-state index in [0.29, 0.717) is 44.2 Å². The number of rotatable bonds is 8. The largest absolute Gasteiger partial charge is 0.382 e. The molecular weight excluding hydrogens is 376 g/mol. The molecule has 30 heavy (non-hydrogen) atoms. The van der Waals surface area contributed by atoms with Gasteiger partial charge in [-0.25, -0.2) is 4.79 Å². The minimum absolute atomic E-state index is 0.0516. The molecule has 0 spiro atoms. The van der Waals surface area contributed by atoms with Gasteiger partial charge in [-0.05, 0) is 50.4 Å². The molecule has 1 heterocycles. The van der Waals surface area contributed by atoms with Crippen molar-refractivity contribution >= 4 is 17.5 Å². The molecule has 0 bridgehead atoms. The van der Waals surface area contributed by atoms with Gasteiger partial charge in [0.15, 0.2) is 5.78 Å². The number of amides is 2. The summed E-state index contributed by atoms with van der Waals surface area (Å²) in [7, 11) is 0. The van der Waals surface area contributed by atoms with Crippen molar-refractivity contribution in [2.45, 2.75) is 38.6 Å². The molecule has 1 saturated heterocycles. The molecule has 0 unspecified atom stereocenters. The zero-order valence-electron chi connectivity index (χ0n) is 17.7. The molecule has 160 valence electrons. The summed E-state index contributed by atoms with van der Waals surface area (Å²) >= 11 is 0. The normalized spacial score (nSPS) is 14.4. The zero-order chi connectivity index (χ0) is 21.3. The van der Waals surface area contributed by atoms with Gasteiger partial charge in [-0.1, -0.05) is 42.0 Å². The maximum absolute atomic E-state index is 12.4. The molecule has 1 aliphatic rings. The molecule has 2 amide bonds. The third kappa shape index (κ3) is 6.32. The highest BCUT2D eigenvalue weighted by molar-refractivity contribution is 5.96. The van der Waals surface area contributed by atoms with Gasteiger partial charge in [-0.3, -0.25) is 4.79 Å². The maximum atomic E-state index is 12.4. The molecule has 1 aliphatic heterocycles. The van der Waals surface area contributed by atoms with Gasteiger partial charge in [-0.2, -0.15) is 0 Å². The van der Waals surface area contributed by atoms with Crippen LogP contribution >= 0.6 is 0 Å². The lowest BCUT2D eigenvalue weighted by Gasteiger charge is -2.33. The van der Waals surface area contributed by atoms with E-state index >= 15 is 0 Å². The standard InChI is InChI=1S/C24H32N4O2/c1-18-2-6-20(7-3-18)23(29)11-15-26-24(30)28-16-12-22(13-17-28)27-21-8-4-19(5-9-21)10-14-25/h2-9,22,27H,10-17,25H2,1H3,(H,26,30). The van der Waals surface area contributed by atoms with Crippen LogP contribution in [0.1, 0.15) is 40.7 Å². The van der Waals surface area contributed by atoms with Crippen molar-refractivity contribution in [3.63, 3.8) is 0 Å². The van der Waals surface area contributed by atoms with Crippen LogP contribution in [0.3, 0.4) is 0 Å². The average molecular weight is 409 g/mol. The third-order valence-corrected chi connectivity index (χ3v) is 5.54. The Bertz CT molecular complexity index is 825. The van der Waals surface area contributed by atoms with Crippen molar-refractivity contribution in [2.75, 3.05) is 31.5 Å². The highest BCUT2D eigenvalue weighted by Crippen LogP contribution is 2.17. The first-order valence-electron chi connectivity index (χ1n) is 10.7. The topological polar surface area (TPSA) is 87.5 Å². The van der Waals surface area contributed by atoms with E-state index in [9.17, 15) is 9.59 Å². The lowest BCUT2D eigenvalue weighted by molar-refractivity contribution is 0.0982. The number of ketones is 1. The molecule has 0 atom stereocenters. The fourth-order valence-electron chi connectivity index (χ4n) is 3.68. The number of carbonyl (C=O) groups is 2. The van der Waals surface area contributed by atoms with Gasteiger partial charge < -0.3 is 21.3 Å². The number of nitrogens with zero attached hydrogens (tertiary/aromatic N) is 1. The van der Waals surface area contributed by atoms with Crippen LogP contribution in [0.25, 0.3) is 0 Å². The Morgan fingerprint density at radius 2 is 1.70 bits per heavy atom. The summed E-state index contributed by atoms with van der Waals surface area (Å²) in [6, 6.07) is 16.2. The quantitative estimate of drug-likeness (QED) is 0.585. The zero-order valence-corrected chi connectivity index (χ0v) is 17.7. The first-order chi connectivity index (χ1) is 14.5. The minimum atomic E-state index is -0.0868. The van der Waals surface area contributed by atoms with E-state index < -0.39 is 0 Å². The molecule has 0 radical (unpaired) electrons. The lowest BCUT2D eigenvalue weighted by Crippen LogP contribution is -2.47. The summed E-state index contributed by atoms with van der Waals surface area (Å²) in [4.78, 5) is 26.4. The molecule has 0 aromatic heterocycles. The number of carbonyl (C=O) groups excluding carboxylic acids is 2. The molecule has 6 nitrogen and oxygen atoms in total. The molecule has 0 aliphatic carbocycles. The second-order valence-corrected chi connectivity index (χ2v) is 7.91. The molecule has 3 rings (SSSR count). The van der Waals surface area contributed by atoms with E-state index in [1.54, 1.807) is 0 Å². The summed E-state index contributed by atoms with van der Waals surface area (Å²) in [5, 5.41) is 6.44. The highest BCUT2D eigenvalue weighted by Gasteiger charge is 2.22. The Hall–Kier alpha value is -2.86. The van der Waals surface area contributed by atoms with Gasteiger partial charge in [0.1, 0.15) is 0 Å². The second-order valence-electron chi connectivity index (χ2n) is 7.91. The van der Waals surface area contributed by atoms with Crippen LogP contribution in [0, 0.1) is 6.92 Å². The number of nitrogens with one attached hydrogen (secondary N) is 2. The van der Waals surface area contributed by atoms with Crippen LogP contribution in [-0.4, -0.2) is 48.9 Å². The Morgan fingerprint density at radius 3 is 2.33 bits per heavy atom. The molecule has 4 N–H and O–H groups in total. The number of hydrogen-bond acceptors (Lipinski definition) is 4. The van der Waals surface area contributed by atoms with E-state index in [2.05, 4.69) is 34.9 Å². The van der Waals surface area contributed by atoms with E-state index in [-0.39, 0.29) is 11.8 Å². The van der Waals surface area contributed by atoms with E-state index in [1.807, 2.05) is 36.1 Å². The molecule has 6 heteroatoms. The summed E-state index contributed by atoms with van der Waals surface area (Å²) in [5.74, 6) is 0.0516. The number of anilines is 1. The molecule has 0 saturated carbocycles. The Kier molecular flexibility index (Phi) is 7.85. The van der Waals surface area contributed by atoms with Crippen LogP contribution < -0.4 is 16.4 Å². The van der Waals surface area contributed by atoms with Crippen molar-refractivity contribution in [1.29, 1.82) is 0 Å². The Morgan fingerprint density at radius 1 is 1.03 bits per heavy atom. The van der Waals surface area contributed by atoms with Crippen LogP contribution in [0.5, 0.6) is 0 Å². The first kappa shape index (κ1) is 21.8. The Balaban J connectivity index is 1.36. The molecular formula is C24H32N4O2. The highest BCUT2D eigenvalue weighted by atomic mass is 16.2. The van der Waals surface area contributed by atoms with Crippen molar-refractivity contribution in [3.05, 3.63) is 65.2 Å². The number of Topliss-reactive ketones (excluding diaryl/α,β-unsaturated/α-hetero) is 1. The van der Waals surface area contributed by atoms with Crippen molar-refractivity contribution < 1.29 is 9.59 Å². The maximum Gasteiger partial charge on any atom is 0.317 e. The van der Waals surface area contributed by atoms with Gasteiger partial charge in [0.2, 0.25) is 0 Å². The summed E-state index contributed by atoms with van der Waals surface area (Å²) in [6.45, 7) is 4.43. The monoisotopic (exact) mass is 408 g/mol. The van der Waals surface area contributed by atoms with Gasteiger partial charge in [0.05, 0.1) is 0 Å². The molecule has 2 aromatic rings. The van der Waals surface area contributed by atoms with Gasteiger partial charge >= 0.3 is 6.03 Å². The minimum Gasteiger partial charge on any atom is -0.382 e. The van der Waals surface area contributed by atoms with E-state index in [4.69, 9.17) is 5.73 Å². The lowest BCUT2D eigenvalue weighted by atomic mass is 10.0. The van der Waals surface area contributed by atoms with Crippen molar-refractivity contribution in [2.24, 2.45) is 5.73 Å². The van der Waals surface area contributed by atoms with Crippen LogP contribution in [0.15, 0.2) is 48.5 Å². The van der Waals surface area contributed by atoms with Crippen molar-refractivity contribution in [3.8, 4) is 0 Å². The number of nitrogens with two attached hydrogens (primary N) is 1. The number of urea groups is 1. The second kappa shape index (κ2) is 10.8. The smallest absolute Gasteiger partial charge is 0.317 e. The van der Waals surface area contributed by atoms with E-state index in [1.165, 1.54) is 5.56 Å². The number of piperidine rings is 1. The molecule has 1 fully saturated rings. The Labute approximate surface area is 178 Å². The average Bonchev–Trinajstić information content (AvgIpc) is 2.76. The summed E-state index contributed by atoms with van der Waals surface area (Å²) in [5.41, 5.74) is 9.76. The van der Waals surface area contributed by atoms with E-state index in [0.717, 1.165) is 30.5 Å². The number of likely N-dealkylation sites (tertiary alicyclic amines) is 1. The number of benzene rings is 2. The van der Waals surface area contributed by atoms with Gasteiger partial charge in [0.25, 0.3) is 0 Å². The predicted molar refractivity (Wildman–Crippen MR) is 121 cm³/mol. The van der Waals surface area contributed by atoms with Gasteiger partial charge in [0, 0.05) is 43.3 Å². The summed E-state index contributed by atoms with van der Waals surface area (Å²) < 4.78 is 0.